The van der Waals surface area contributed by atoms with E-state index in [2.05, 4.69) is 10.6 Å². The number of amides is 2. The number of carbonyl (C=O) groups excluding carboxylic acids is 2. The molecule has 0 aromatic carbocycles. The quantitative estimate of drug-likeness (QED) is 0.273. The summed E-state index contributed by atoms with van der Waals surface area (Å²) in [6.07, 6.45) is 2.23. The fraction of sp³-hybridized carbons (Fsp3) is 0.895. The molecular weight excluding hydrogens is 448 g/mol. The van der Waals surface area contributed by atoms with Crippen molar-refractivity contribution in [3.05, 3.63) is 0 Å². The van der Waals surface area contributed by atoms with Crippen LogP contribution in [0.3, 0.4) is 0 Å². The van der Waals surface area contributed by atoms with Gasteiger partial charge in [0.1, 0.15) is 5.41 Å². The van der Waals surface area contributed by atoms with Crippen LogP contribution in [-0.2, 0) is 38.2 Å². The molecule has 12 heteroatoms. The van der Waals surface area contributed by atoms with E-state index in [0.29, 0.717) is 0 Å². The van der Waals surface area contributed by atoms with E-state index < -0.39 is 49.5 Å². The molecule has 0 aromatic rings. The van der Waals surface area contributed by atoms with E-state index >= 15 is 0 Å². The summed E-state index contributed by atoms with van der Waals surface area (Å²) in [6.45, 7) is 10.1. The zero-order valence-electron chi connectivity index (χ0n) is 19.7. The van der Waals surface area contributed by atoms with Crippen molar-refractivity contribution in [2.24, 2.45) is 17.3 Å². The summed E-state index contributed by atoms with van der Waals surface area (Å²) < 4.78 is 55.0. The molecule has 0 aliphatic carbocycles. The van der Waals surface area contributed by atoms with Crippen LogP contribution >= 0.6 is 0 Å². The van der Waals surface area contributed by atoms with Gasteiger partial charge in [0.05, 0.1) is 37.8 Å². The molecule has 2 atom stereocenters. The zero-order chi connectivity index (χ0) is 24.6. The lowest BCUT2D eigenvalue weighted by Crippen LogP contribution is -2.57. The summed E-state index contributed by atoms with van der Waals surface area (Å²) in [5.74, 6) is -1.38. The molecule has 2 N–H and O–H groups in total. The third-order valence-electron chi connectivity index (χ3n) is 5.24. The Balaban J connectivity index is 5.60. The molecule has 0 saturated heterocycles. The van der Waals surface area contributed by atoms with Gasteiger partial charge in [0.15, 0.2) is 0 Å². The van der Waals surface area contributed by atoms with Gasteiger partial charge in [0, 0.05) is 0 Å². The van der Waals surface area contributed by atoms with E-state index in [1.165, 1.54) is 0 Å². The minimum atomic E-state index is -3.69. The van der Waals surface area contributed by atoms with Gasteiger partial charge in [-0.15, -0.1) is 0 Å². The number of hydrogen-bond acceptors (Lipinski definition) is 8. The Morgan fingerprint density at radius 2 is 1.03 bits per heavy atom. The maximum atomic E-state index is 13.2. The summed E-state index contributed by atoms with van der Waals surface area (Å²) >= 11 is 0. The summed E-state index contributed by atoms with van der Waals surface area (Å²) in [5, 5.41) is 5.51. The Morgan fingerprint density at radius 3 is 1.23 bits per heavy atom. The fourth-order valence-electron chi connectivity index (χ4n) is 2.80. The SMILES string of the molecule is CCC(CC)(C(=O)N[C@H](COS(C)(=O)=O)C(C)C)C(=O)N[C@H](COS(C)(=O)=O)C(C)C. The van der Waals surface area contributed by atoms with Crippen LogP contribution in [0, 0.1) is 17.3 Å². The maximum absolute atomic E-state index is 13.2. The van der Waals surface area contributed by atoms with Gasteiger partial charge in [-0.3, -0.25) is 18.0 Å². The number of carbonyl (C=O) groups is 2. The van der Waals surface area contributed by atoms with E-state index in [9.17, 15) is 26.4 Å². The van der Waals surface area contributed by atoms with Crippen molar-refractivity contribution in [2.45, 2.75) is 66.5 Å². The molecular formula is C19H38N2O8S2. The molecule has 2 amide bonds. The number of nitrogens with one attached hydrogen (secondary N) is 2. The first-order chi connectivity index (χ1) is 14.0. The van der Waals surface area contributed by atoms with Gasteiger partial charge in [-0.1, -0.05) is 41.5 Å². The Bertz CT molecular complexity index is 739. The molecule has 31 heavy (non-hydrogen) atoms. The van der Waals surface area contributed by atoms with Crippen LogP contribution in [0.25, 0.3) is 0 Å². The van der Waals surface area contributed by atoms with Gasteiger partial charge < -0.3 is 10.6 Å². The van der Waals surface area contributed by atoms with E-state index in [1.807, 2.05) is 0 Å². The lowest BCUT2D eigenvalue weighted by molar-refractivity contribution is -0.145. The summed E-state index contributed by atoms with van der Waals surface area (Å²) in [4.78, 5) is 26.3. The van der Waals surface area contributed by atoms with Crippen LogP contribution in [-0.4, -0.2) is 66.5 Å². The largest absolute Gasteiger partial charge is 0.350 e. The highest BCUT2D eigenvalue weighted by molar-refractivity contribution is 7.86. The van der Waals surface area contributed by atoms with Crippen LogP contribution < -0.4 is 10.6 Å². The van der Waals surface area contributed by atoms with Crippen molar-refractivity contribution in [2.75, 3.05) is 25.7 Å². The average molecular weight is 487 g/mol. The predicted octanol–water partition coefficient (Wildman–Crippen LogP) is 1.03. The van der Waals surface area contributed by atoms with Gasteiger partial charge in [0.2, 0.25) is 11.8 Å². The molecule has 0 heterocycles. The Morgan fingerprint density at radius 1 is 0.742 bits per heavy atom. The first-order valence-corrected chi connectivity index (χ1v) is 13.9. The van der Waals surface area contributed by atoms with Gasteiger partial charge >= 0.3 is 0 Å². The highest BCUT2D eigenvalue weighted by atomic mass is 32.2. The molecule has 0 aliphatic rings. The first kappa shape index (κ1) is 29.8. The van der Waals surface area contributed by atoms with Gasteiger partial charge in [-0.05, 0) is 24.7 Å². The molecule has 184 valence electrons. The smallest absolute Gasteiger partial charge is 0.264 e. The average Bonchev–Trinajstić information content (AvgIpc) is 2.61. The summed E-state index contributed by atoms with van der Waals surface area (Å²) in [5.41, 5.74) is -1.42. The van der Waals surface area contributed by atoms with Crippen LogP contribution in [0.4, 0.5) is 0 Å². The minimum absolute atomic E-state index is 0.147. The molecule has 0 rings (SSSR count). The number of rotatable bonds is 14. The van der Waals surface area contributed by atoms with Crippen molar-refractivity contribution < 1.29 is 34.8 Å². The topological polar surface area (TPSA) is 145 Å². The zero-order valence-corrected chi connectivity index (χ0v) is 21.4. The van der Waals surface area contributed by atoms with E-state index in [-0.39, 0.29) is 37.9 Å². The lowest BCUT2D eigenvalue weighted by Gasteiger charge is -2.34. The van der Waals surface area contributed by atoms with E-state index in [1.54, 1.807) is 41.5 Å². The molecule has 0 aromatic heterocycles. The van der Waals surface area contributed by atoms with Gasteiger partial charge in [-0.25, -0.2) is 0 Å². The maximum Gasteiger partial charge on any atom is 0.264 e. The molecule has 0 aliphatic heterocycles. The van der Waals surface area contributed by atoms with Crippen molar-refractivity contribution >= 4 is 32.1 Å². The molecule has 10 nitrogen and oxygen atoms in total. The van der Waals surface area contributed by atoms with Crippen molar-refractivity contribution in [3.8, 4) is 0 Å². The van der Waals surface area contributed by atoms with Crippen molar-refractivity contribution in [1.82, 2.24) is 10.6 Å². The molecule has 0 unspecified atom stereocenters. The van der Waals surface area contributed by atoms with Crippen LogP contribution in [0.5, 0.6) is 0 Å². The second-order valence-electron chi connectivity index (χ2n) is 8.41. The van der Waals surface area contributed by atoms with Gasteiger partial charge in [-0.2, -0.15) is 16.8 Å². The normalized spacial score (nSPS) is 15.0. The Kier molecular flexibility index (Phi) is 11.6. The molecule has 0 spiro atoms. The fourth-order valence-corrected chi connectivity index (χ4v) is 3.59. The second-order valence-corrected chi connectivity index (χ2v) is 11.7. The Hall–Kier alpha value is -1.24. The Labute approximate surface area is 187 Å². The third kappa shape index (κ3) is 10.3. The molecule has 0 saturated carbocycles. The van der Waals surface area contributed by atoms with Gasteiger partial charge in [0.25, 0.3) is 20.2 Å². The first-order valence-electron chi connectivity index (χ1n) is 10.3. The monoisotopic (exact) mass is 486 g/mol. The van der Waals surface area contributed by atoms with Crippen molar-refractivity contribution in [1.29, 1.82) is 0 Å². The molecule has 0 fully saturated rings. The summed E-state index contributed by atoms with van der Waals surface area (Å²) in [7, 11) is -7.38. The van der Waals surface area contributed by atoms with Crippen LogP contribution in [0.2, 0.25) is 0 Å². The van der Waals surface area contributed by atoms with Crippen molar-refractivity contribution in [3.63, 3.8) is 0 Å². The lowest BCUT2D eigenvalue weighted by atomic mass is 9.79. The molecule has 0 bridgehead atoms. The predicted molar refractivity (Wildman–Crippen MR) is 118 cm³/mol. The number of hydrogen-bond donors (Lipinski definition) is 2. The van der Waals surface area contributed by atoms with E-state index in [4.69, 9.17) is 8.37 Å². The molecule has 0 radical (unpaired) electrons. The van der Waals surface area contributed by atoms with Crippen LogP contribution in [0.15, 0.2) is 0 Å². The third-order valence-corrected chi connectivity index (χ3v) is 6.37. The minimum Gasteiger partial charge on any atom is -0.350 e. The standard InChI is InChI=1S/C19H38N2O8S2/c1-9-19(10-2,17(22)20-15(13(3)4)11-28-30(7,24)25)18(23)21-16(14(5)6)12-29-31(8,26)27/h13-16H,9-12H2,1-8H3,(H,20,22)(H,21,23)/t15-,16-/m1/s1. The second kappa shape index (κ2) is 12.1. The van der Waals surface area contributed by atoms with E-state index in [0.717, 1.165) is 12.5 Å². The highest BCUT2D eigenvalue weighted by Gasteiger charge is 2.44. The highest BCUT2D eigenvalue weighted by Crippen LogP contribution is 2.28. The van der Waals surface area contributed by atoms with Crippen LogP contribution in [0.1, 0.15) is 54.4 Å². The summed E-state index contributed by atoms with van der Waals surface area (Å²) in [6, 6.07) is -1.25.